The number of benzene rings is 1. The zero-order chi connectivity index (χ0) is 20.9. The minimum Gasteiger partial charge on any atom is -0.273 e. The zero-order valence-electron chi connectivity index (χ0n) is 15.2. The predicted molar refractivity (Wildman–Crippen MR) is 98.9 cm³/mol. The van der Waals surface area contributed by atoms with Gasteiger partial charge in [0, 0.05) is 12.6 Å². The maximum absolute atomic E-state index is 13.2. The maximum Gasteiger partial charge on any atom is 0.289 e. The van der Waals surface area contributed by atoms with Gasteiger partial charge in [-0.1, -0.05) is 25.5 Å². The molecule has 28 heavy (non-hydrogen) atoms. The van der Waals surface area contributed by atoms with Crippen LogP contribution in [-0.2, 0) is 24.8 Å². The highest BCUT2D eigenvalue weighted by molar-refractivity contribution is 7.89. The van der Waals surface area contributed by atoms with E-state index in [-0.39, 0.29) is 18.7 Å². The summed E-state index contributed by atoms with van der Waals surface area (Å²) < 4.78 is 52.3. The number of nitro groups is 1. The number of hydrogen-bond donors (Lipinski definition) is 0. The minimum atomic E-state index is -4.35. The van der Waals surface area contributed by atoms with E-state index in [1.807, 2.05) is 0 Å². The van der Waals surface area contributed by atoms with Gasteiger partial charge in [0.2, 0.25) is 15.9 Å². The van der Waals surface area contributed by atoms with Gasteiger partial charge in [-0.05, 0) is 18.6 Å². The Morgan fingerprint density at radius 1 is 1.21 bits per heavy atom. The second-order valence-corrected chi connectivity index (χ2v) is 10.3. The van der Waals surface area contributed by atoms with Gasteiger partial charge < -0.3 is 0 Å². The summed E-state index contributed by atoms with van der Waals surface area (Å²) in [5, 5.41) is 11.3. The number of carbonyl (C=O) groups excluding carboxylic acids is 1. The Bertz CT molecular complexity index is 1080. The Hall–Kier alpha value is -2.31. The molecule has 0 aliphatic carbocycles. The first kappa shape index (κ1) is 20.4. The highest BCUT2D eigenvalue weighted by atomic mass is 32.2. The molecule has 0 spiro atoms. The van der Waals surface area contributed by atoms with Crippen molar-refractivity contribution in [3.8, 4) is 0 Å². The average molecular weight is 429 g/mol. The first-order chi connectivity index (χ1) is 13.0. The molecule has 2 aliphatic rings. The molecule has 0 unspecified atom stereocenters. The Balaban J connectivity index is 2.11. The first-order valence-electron chi connectivity index (χ1n) is 8.51. The van der Waals surface area contributed by atoms with Crippen LogP contribution in [0.2, 0.25) is 0 Å². The summed E-state index contributed by atoms with van der Waals surface area (Å²) in [6, 6.07) is 3.94. The number of para-hydroxylation sites is 1. The fraction of sp³-hybridized carbons (Fsp3) is 0.438. The number of carbonyl (C=O) groups is 1. The molecule has 1 aromatic carbocycles. The second kappa shape index (κ2) is 6.94. The lowest BCUT2D eigenvalue weighted by molar-refractivity contribution is -0.387. The highest BCUT2D eigenvalue weighted by Crippen LogP contribution is 2.43. The van der Waals surface area contributed by atoms with Gasteiger partial charge in [0.1, 0.15) is 0 Å². The van der Waals surface area contributed by atoms with Crippen molar-refractivity contribution in [2.45, 2.75) is 30.7 Å². The number of nitro benzene ring substituents is 1. The van der Waals surface area contributed by atoms with Crippen LogP contribution in [0, 0.1) is 16.0 Å². The van der Waals surface area contributed by atoms with Crippen LogP contribution in [-0.4, -0.2) is 55.1 Å². The van der Waals surface area contributed by atoms with Crippen LogP contribution < -0.4 is 0 Å². The van der Waals surface area contributed by atoms with E-state index < -0.39 is 53.4 Å². The summed E-state index contributed by atoms with van der Waals surface area (Å²) in [7, 11) is -8.27. The third-order valence-electron chi connectivity index (χ3n) is 4.81. The van der Waals surface area contributed by atoms with E-state index in [4.69, 9.17) is 0 Å². The molecule has 1 aromatic rings. The normalized spacial score (nSPS) is 23.0. The van der Waals surface area contributed by atoms with Crippen LogP contribution in [0.1, 0.15) is 19.8 Å². The third-order valence-corrected chi connectivity index (χ3v) is 7.76. The Labute approximate surface area is 162 Å². The van der Waals surface area contributed by atoms with E-state index in [1.165, 1.54) is 18.2 Å². The average Bonchev–Trinajstić information content (AvgIpc) is 3.13. The van der Waals surface area contributed by atoms with Crippen LogP contribution in [0.15, 0.2) is 40.9 Å². The molecule has 0 aromatic heterocycles. The van der Waals surface area contributed by atoms with Crippen molar-refractivity contribution in [2.75, 3.05) is 12.8 Å². The number of rotatable bonds is 6. The van der Waals surface area contributed by atoms with E-state index >= 15 is 0 Å². The third kappa shape index (κ3) is 3.10. The zero-order valence-corrected chi connectivity index (χ0v) is 16.8. The summed E-state index contributed by atoms with van der Waals surface area (Å²) in [4.78, 5) is 22.7. The lowest BCUT2D eigenvalue weighted by Crippen LogP contribution is -2.41. The smallest absolute Gasteiger partial charge is 0.273 e. The molecule has 1 fully saturated rings. The lowest BCUT2D eigenvalue weighted by Gasteiger charge is -2.26. The molecular formula is C16H19N3O7S2. The molecule has 0 bridgehead atoms. The monoisotopic (exact) mass is 429 g/mol. The Kier molecular flexibility index (Phi) is 5.06. The van der Waals surface area contributed by atoms with Crippen molar-refractivity contribution in [1.29, 1.82) is 0 Å². The molecule has 152 valence electrons. The Morgan fingerprint density at radius 2 is 1.86 bits per heavy atom. The standard InChI is InChI=1S/C16H19N3O7S2/c1-3-6-11-15-13(18(16(11)20)27(2,23)24)9-10-17(15)28(25,26)14-8-5-4-7-12(14)19(21)22/h4-5,7-9,11,15H,3,6,10H2,1-2H3/t11-,15-/m1/s1. The summed E-state index contributed by atoms with van der Waals surface area (Å²) in [6.45, 7) is 1.63. The molecule has 0 saturated carbocycles. The summed E-state index contributed by atoms with van der Waals surface area (Å²) in [5.74, 6) is -1.55. The molecule has 2 atom stereocenters. The van der Waals surface area contributed by atoms with Crippen LogP contribution in [0.4, 0.5) is 5.69 Å². The maximum atomic E-state index is 13.2. The summed E-state index contributed by atoms with van der Waals surface area (Å²) in [5.41, 5.74) is -0.486. The highest BCUT2D eigenvalue weighted by Gasteiger charge is 2.55. The van der Waals surface area contributed by atoms with Gasteiger partial charge in [0.05, 0.1) is 28.8 Å². The van der Waals surface area contributed by atoms with Gasteiger partial charge in [-0.15, -0.1) is 0 Å². The number of sulfonamides is 2. The number of hydrogen-bond acceptors (Lipinski definition) is 7. The van der Waals surface area contributed by atoms with E-state index in [1.54, 1.807) is 6.92 Å². The molecule has 2 aliphatic heterocycles. The van der Waals surface area contributed by atoms with Crippen molar-refractivity contribution in [2.24, 2.45) is 5.92 Å². The van der Waals surface area contributed by atoms with E-state index in [9.17, 15) is 31.7 Å². The lowest BCUT2D eigenvalue weighted by atomic mass is 9.97. The van der Waals surface area contributed by atoms with Crippen molar-refractivity contribution in [3.05, 3.63) is 46.2 Å². The van der Waals surface area contributed by atoms with Crippen LogP contribution in [0.25, 0.3) is 0 Å². The van der Waals surface area contributed by atoms with Gasteiger partial charge in [-0.2, -0.15) is 4.31 Å². The van der Waals surface area contributed by atoms with Crippen LogP contribution in [0.5, 0.6) is 0 Å². The van der Waals surface area contributed by atoms with Crippen molar-refractivity contribution >= 4 is 31.6 Å². The largest absolute Gasteiger partial charge is 0.289 e. The second-order valence-electron chi connectivity index (χ2n) is 6.63. The molecule has 3 rings (SSSR count). The number of fused-ring (bicyclic) bond motifs is 1. The summed E-state index contributed by atoms with van der Waals surface area (Å²) >= 11 is 0. The molecule has 2 heterocycles. The topological polar surface area (TPSA) is 135 Å². The molecule has 10 nitrogen and oxygen atoms in total. The van der Waals surface area contributed by atoms with Crippen molar-refractivity contribution in [3.63, 3.8) is 0 Å². The fourth-order valence-electron chi connectivity index (χ4n) is 3.74. The van der Waals surface area contributed by atoms with Crippen molar-refractivity contribution in [1.82, 2.24) is 8.61 Å². The Morgan fingerprint density at radius 3 is 2.43 bits per heavy atom. The quantitative estimate of drug-likeness (QED) is 0.487. The fourth-order valence-corrected chi connectivity index (χ4v) is 6.50. The summed E-state index contributed by atoms with van der Waals surface area (Å²) in [6.07, 6.45) is 3.09. The molecular weight excluding hydrogens is 410 g/mol. The minimum absolute atomic E-state index is 0.0908. The van der Waals surface area contributed by atoms with Gasteiger partial charge in [0.15, 0.2) is 4.90 Å². The molecule has 0 radical (unpaired) electrons. The van der Waals surface area contributed by atoms with Gasteiger partial charge >= 0.3 is 0 Å². The molecule has 1 amide bonds. The first-order valence-corrected chi connectivity index (χ1v) is 11.8. The van der Waals surface area contributed by atoms with Crippen molar-refractivity contribution < 1.29 is 26.6 Å². The van der Waals surface area contributed by atoms with E-state index in [2.05, 4.69) is 0 Å². The SMILES string of the molecule is CCC[C@H]1C(=O)N(S(C)(=O)=O)C2=CCN(S(=O)(=O)c3ccccc3[N+](=O)[O-])[C@@H]21. The van der Waals surface area contributed by atoms with Gasteiger partial charge in [0.25, 0.3) is 15.7 Å². The van der Waals surface area contributed by atoms with Crippen LogP contribution >= 0.6 is 0 Å². The van der Waals surface area contributed by atoms with Gasteiger partial charge in [-0.25, -0.2) is 21.1 Å². The molecule has 12 heteroatoms. The van der Waals surface area contributed by atoms with E-state index in [0.29, 0.717) is 10.7 Å². The predicted octanol–water partition coefficient (Wildman–Crippen LogP) is 1.07. The van der Waals surface area contributed by atoms with Crippen LogP contribution in [0.3, 0.4) is 0 Å². The molecule has 1 saturated heterocycles. The molecule has 0 N–H and O–H groups in total. The van der Waals surface area contributed by atoms with E-state index in [0.717, 1.165) is 22.7 Å². The number of amides is 1. The van der Waals surface area contributed by atoms with Gasteiger partial charge in [-0.3, -0.25) is 14.9 Å². The number of nitrogens with zero attached hydrogens (tertiary/aromatic N) is 3.